The van der Waals surface area contributed by atoms with Crippen LogP contribution in [0.1, 0.15) is 44.2 Å². The molecular weight excluding hydrogens is 321 g/mol. The molecule has 2 aliphatic rings. The third-order valence-electron chi connectivity index (χ3n) is 4.97. The van der Waals surface area contributed by atoms with Crippen LogP contribution >= 0.6 is 15.9 Å². The minimum absolute atomic E-state index is 0.0247. The van der Waals surface area contributed by atoms with Crippen molar-refractivity contribution >= 4 is 33.0 Å². The second-order valence-corrected chi connectivity index (χ2v) is 6.64. The van der Waals surface area contributed by atoms with Gasteiger partial charge in [-0.05, 0) is 70.5 Å². The Kier molecular flexibility index (Phi) is 3.05. The summed E-state index contributed by atoms with van der Waals surface area (Å²) in [5.74, 6) is -0.230. The maximum Gasteiger partial charge on any atom is 0.158 e. The van der Waals surface area contributed by atoms with Gasteiger partial charge in [0, 0.05) is 16.3 Å². The summed E-state index contributed by atoms with van der Waals surface area (Å²) >= 11 is 3.43. The summed E-state index contributed by atoms with van der Waals surface area (Å²) in [6.07, 6.45) is 3.23. The Morgan fingerprint density at radius 1 is 1.50 bits per heavy atom. The van der Waals surface area contributed by atoms with Gasteiger partial charge in [-0.2, -0.15) is 0 Å². The van der Waals surface area contributed by atoms with Gasteiger partial charge in [0.2, 0.25) is 0 Å². The van der Waals surface area contributed by atoms with Crippen molar-refractivity contribution in [2.75, 3.05) is 5.73 Å². The van der Waals surface area contributed by atoms with Crippen molar-refractivity contribution in [1.82, 2.24) is 0 Å². The lowest BCUT2D eigenvalue weighted by molar-refractivity contribution is -0.116. The van der Waals surface area contributed by atoms with Crippen molar-refractivity contribution in [1.29, 1.82) is 0 Å². The van der Waals surface area contributed by atoms with Crippen molar-refractivity contribution in [2.24, 2.45) is 5.41 Å². The Morgan fingerprint density at radius 3 is 2.85 bits per heavy atom. The molecule has 1 atom stereocenters. The molecule has 0 spiro atoms. The Morgan fingerprint density at radius 2 is 2.20 bits per heavy atom. The molecule has 0 heterocycles. The number of anilines is 1. The molecule has 2 aliphatic carbocycles. The Balaban J connectivity index is 2.34. The molecule has 4 heteroatoms. The van der Waals surface area contributed by atoms with Crippen LogP contribution in [0.5, 0.6) is 0 Å². The number of carbonyl (C=O) groups is 1. The molecule has 0 bridgehead atoms. The first-order valence-electron chi connectivity index (χ1n) is 6.92. The molecule has 2 nitrogen and oxygen atoms in total. The number of nitrogens with two attached hydrogens (primary N) is 1. The lowest BCUT2D eigenvalue weighted by Gasteiger charge is -2.34. The number of hydrogen-bond acceptors (Lipinski definition) is 2. The van der Waals surface area contributed by atoms with Gasteiger partial charge in [0.05, 0.1) is 5.69 Å². The minimum Gasteiger partial charge on any atom is -0.395 e. The van der Waals surface area contributed by atoms with Gasteiger partial charge in [-0.1, -0.05) is 6.92 Å². The maximum atomic E-state index is 14.0. The van der Waals surface area contributed by atoms with E-state index in [-0.39, 0.29) is 16.9 Å². The minimum atomic E-state index is -0.416. The summed E-state index contributed by atoms with van der Waals surface area (Å²) in [6, 6.07) is 1.50. The van der Waals surface area contributed by atoms with Gasteiger partial charge < -0.3 is 5.73 Å². The second-order valence-electron chi connectivity index (χ2n) is 5.85. The maximum absolute atomic E-state index is 14.0. The molecule has 0 aliphatic heterocycles. The predicted molar refractivity (Wildman–Crippen MR) is 81.8 cm³/mol. The lowest BCUT2D eigenvalue weighted by atomic mass is 9.68. The van der Waals surface area contributed by atoms with Crippen LogP contribution in [0.4, 0.5) is 10.1 Å². The highest BCUT2D eigenvalue weighted by Gasteiger charge is 2.46. The Bertz CT molecular complexity index is 665. The van der Waals surface area contributed by atoms with Crippen LogP contribution in [0.2, 0.25) is 0 Å². The first-order chi connectivity index (χ1) is 9.41. The van der Waals surface area contributed by atoms with E-state index in [0.29, 0.717) is 10.9 Å². The lowest BCUT2D eigenvalue weighted by Crippen LogP contribution is -2.27. The van der Waals surface area contributed by atoms with Gasteiger partial charge in [0.25, 0.3) is 0 Å². The number of hydrogen-bond donors (Lipinski definition) is 1. The fraction of sp³-hybridized carbons (Fsp3) is 0.438. The number of Topliss-reactive ketones (excluding diaryl/α,β-unsaturated/α-hetero) is 1. The van der Waals surface area contributed by atoms with E-state index in [9.17, 15) is 9.18 Å². The van der Waals surface area contributed by atoms with Gasteiger partial charge in [-0.25, -0.2) is 4.39 Å². The summed E-state index contributed by atoms with van der Waals surface area (Å²) in [6.45, 7) is 4.01. The summed E-state index contributed by atoms with van der Waals surface area (Å²) < 4.78 is 14.6. The largest absolute Gasteiger partial charge is 0.395 e. The van der Waals surface area contributed by atoms with Crippen LogP contribution in [0.15, 0.2) is 16.1 Å². The van der Waals surface area contributed by atoms with Gasteiger partial charge in [0.1, 0.15) is 5.82 Å². The molecule has 1 unspecified atom stereocenters. The monoisotopic (exact) mass is 337 g/mol. The number of benzene rings is 1. The van der Waals surface area contributed by atoms with Crippen molar-refractivity contribution in [3.8, 4) is 0 Å². The molecule has 0 aromatic heterocycles. The Hall–Kier alpha value is -1.16. The van der Waals surface area contributed by atoms with Crippen molar-refractivity contribution in [2.45, 2.75) is 39.5 Å². The zero-order valence-electron chi connectivity index (χ0n) is 11.6. The molecule has 2 N–H and O–H groups in total. The molecule has 1 aromatic rings. The average molecular weight is 338 g/mol. The zero-order valence-corrected chi connectivity index (χ0v) is 13.2. The number of allylic oxidation sites excluding steroid dienone is 2. The quantitative estimate of drug-likeness (QED) is 0.778. The number of fused-ring (bicyclic) bond motifs is 3. The number of ketones is 1. The topological polar surface area (TPSA) is 43.1 Å². The summed E-state index contributed by atoms with van der Waals surface area (Å²) in [5, 5.41) is 0. The highest BCUT2D eigenvalue weighted by atomic mass is 79.9. The molecule has 1 aromatic carbocycles. The van der Waals surface area contributed by atoms with Crippen LogP contribution in [0.3, 0.4) is 0 Å². The first kappa shape index (κ1) is 13.8. The van der Waals surface area contributed by atoms with E-state index >= 15 is 0 Å². The standard InChI is InChI=1S/C16H17BrFNO/c1-3-16-5-4-12(20)8(2)13(16)9-6-11(18)15(19)14(17)10(9)7-16/h6H,3-5,7,19H2,1-2H3. The number of rotatable bonds is 1. The summed E-state index contributed by atoms with van der Waals surface area (Å²) in [4.78, 5) is 12.1. The normalized spacial score (nSPS) is 24.9. The van der Waals surface area contributed by atoms with Crippen LogP contribution in [-0.2, 0) is 11.2 Å². The molecule has 3 rings (SSSR count). The average Bonchev–Trinajstić information content (AvgIpc) is 2.77. The fourth-order valence-electron chi connectivity index (χ4n) is 3.76. The van der Waals surface area contributed by atoms with Gasteiger partial charge in [-0.15, -0.1) is 0 Å². The van der Waals surface area contributed by atoms with Gasteiger partial charge in [0.15, 0.2) is 5.78 Å². The van der Waals surface area contributed by atoms with E-state index in [1.807, 2.05) is 6.92 Å². The molecule has 0 radical (unpaired) electrons. The van der Waals surface area contributed by atoms with Crippen molar-refractivity contribution in [3.63, 3.8) is 0 Å². The predicted octanol–water partition coefficient (Wildman–Crippen LogP) is 4.26. The molecule has 20 heavy (non-hydrogen) atoms. The Labute approximate surface area is 126 Å². The summed E-state index contributed by atoms with van der Waals surface area (Å²) in [7, 11) is 0. The van der Waals surface area contributed by atoms with Crippen molar-refractivity contribution in [3.05, 3.63) is 33.1 Å². The van der Waals surface area contributed by atoms with E-state index in [1.165, 1.54) is 6.07 Å². The molecule has 0 saturated heterocycles. The summed E-state index contributed by atoms with van der Waals surface area (Å²) in [5.41, 5.74) is 9.69. The molecule has 0 amide bonds. The fourth-order valence-corrected chi connectivity index (χ4v) is 4.30. The first-order valence-corrected chi connectivity index (χ1v) is 7.72. The van der Waals surface area contributed by atoms with Crippen LogP contribution in [-0.4, -0.2) is 5.78 Å². The van der Waals surface area contributed by atoms with Crippen LogP contribution < -0.4 is 5.73 Å². The van der Waals surface area contributed by atoms with E-state index in [0.717, 1.165) is 41.5 Å². The second kappa shape index (κ2) is 4.42. The van der Waals surface area contributed by atoms with E-state index in [2.05, 4.69) is 22.9 Å². The number of carbonyl (C=O) groups excluding carboxylic acids is 1. The van der Waals surface area contributed by atoms with E-state index in [1.54, 1.807) is 0 Å². The third kappa shape index (κ3) is 1.63. The highest BCUT2D eigenvalue weighted by molar-refractivity contribution is 9.10. The SMILES string of the molecule is CCC12CCC(=O)C(C)=C1c1cc(F)c(N)c(Br)c1C2. The molecule has 0 fully saturated rings. The van der Waals surface area contributed by atoms with Crippen molar-refractivity contribution < 1.29 is 9.18 Å². The van der Waals surface area contributed by atoms with E-state index in [4.69, 9.17) is 5.73 Å². The van der Waals surface area contributed by atoms with E-state index < -0.39 is 5.82 Å². The molecule has 106 valence electrons. The molecular formula is C16H17BrFNO. The number of nitrogen functional groups attached to an aromatic ring is 1. The van der Waals surface area contributed by atoms with Crippen LogP contribution in [0.25, 0.3) is 5.57 Å². The third-order valence-corrected chi connectivity index (χ3v) is 5.88. The zero-order chi connectivity index (χ0) is 14.7. The van der Waals surface area contributed by atoms with Crippen LogP contribution in [0, 0.1) is 11.2 Å². The van der Waals surface area contributed by atoms with Gasteiger partial charge in [-0.3, -0.25) is 4.79 Å². The van der Waals surface area contributed by atoms with Gasteiger partial charge >= 0.3 is 0 Å². The number of halogens is 2. The highest BCUT2D eigenvalue weighted by Crippen LogP contribution is 2.57. The smallest absolute Gasteiger partial charge is 0.158 e. The molecule has 0 saturated carbocycles.